The van der Waals surface area contributed by atoms with Gasteiger partial charge in [-0.3, -0.25) is 14.3 Å². The van der Waals surface area contributed by atoms with E-state index in [2.05, 4.69) is 29.9 Å². The van der Waals surface area contributed by atoms with Crippen LogP contribution in [0.15, 0.2) is 70.5 Å². The minimum Gasteiger partial charge on any atom is -0.268 e. The highest BCUT2D eigenvalue weighted by Crippen LogP contribution is 2.26. The highest BCUT2D eigenvalue weighted by Gasteiger charge is 2.24. The average Bonchev–Trinajstić information content (AvgIpc) is 2.79. The van der Waals surface area contributed by atoms with Crippen molar-refractivity contribution in [2.45, 2.75) is 39.2 Å². The lowest BCUT2D eigenvalue weighted by Gasteiger charge is -2.25. The summed E-state index contributed by atoms with van der Waals surface area (Å²) in [5.74, 6) is 0. The summed E-state index contributed by atoms with van der Waals surface area (Å²) in [7, 11) is 0. The molecule has 4 aromatic rings. The van der Waals surface area contributed by atoms with Crippen LogP contribution < -0.4 is 11.2 Å². The molecule has 32 heavy (non-hydrogen) atoms. The first-order chi connectivity index (χ1) is 15.3. The lowest BCUT2D eigenvalue weighted by molar-refractivity contribution is 0.415. The molecule has 7 heteroatoms. The van der Waals surface area contributed by atoms with Crippen LogP contribution in [-0.2, 0) is 12.0 Å². The van der Waals surface area contributed by atoms with Crippen molar-refractivity contribution in [3.8, 4) is 11.8 Å². The molecule has 160 valence electrons. The van der Waals surface area contributed by atoms with E-state index in [9.17, 15) is 9.59 Å². The number of fused-ring (bicyclic) bond motifs is 1. The van der Waals surface area contributed by atoms with Gasteiger partial charge in [-0.2, -0.15) is 5.26 Å². The Kier molecular flexibility index (Phi) is 5.45. The average molecular weight is 425 g/mol. The lowest BCUT2D eigenvalue weighted by Crippen LogP contribution is -2.41. The molecule has 3 heterocycles. The Balaban J connectivity index is 1.82. The molecule has 0 bridgehead atoms. The van der Waals surface area contributed by atoms with Crippen molar-refractivity contribution >= 4 is 11.0 Å². The summed E-state index contributed by atoms with van der Waals surface area (Å²) in [5.41, 5.74) is 2.20. The highest BCUT2D eigenvalue weighted by molar-refractivity contribution is 5.75. The molecule has 0 saturated heterocycles. The number of aromatic nitrogens is 4. The van der Waals surface area contributed by atoms with Crippen LogP contribution in [-0.4, -0.2) is 19.1 Å². The predicted octanol–water partition coefficient (Wildman–Crippen LogP) is 3.49. The first-order valence-electron chi connectivity index (χ1n) is 10.4. The van der Waals surface area contributed by atoms with E-state index < -0.39 is 5.69 Å². The Morgan fingerprint density at radius 1 is 1.03 bits per heavy atom. The normalized spacial score (nSPS) is 11.4. The molecule has 7 nitrogen and oxygen atoms in total. The van der Waals surface area contributed by atoms with E-state index >= 15 is 0 Å². The largest absolute Gasteiger partial charge is 0.337 e. The Morgan fingerprint density at radius 2 is 1.78 bits per heavy atom. The number of rotatable bonds is 5. The number of aryl methyl sites for hydroxylation is 1. The van der Waals surface area contributed by atoms with Crippen molar-refractivity contribution in [2.24, 2.45) is 0 Å². The van der Waals surface area contributed by atoms with Crippen LogP contribution in [0.1, 0.15) is 37.1 Å². The third-order valence-electron chi connectivity index (χ3n) is 5.72. The number of hydrogen-bond donors (Lipinski definition) is 0. The van der Waals surface area contributed by atoms with Crippen molar-refractivity contribution in [1.82, 2.24) is 19.1 Å². The maximum absolute atomic E-state index is 13.5. The van der Waals surface area contributed by atoms with Crippen molar-refractivity contribution in [3.63, 3.8) is 0 Å². The minimum atomic E-state index is -0.459. The summed E-state index contributed by atoms with van der Waals surface area (Å²) in [6.45, 7) is 6.36. The molecule has 0 aliphatic carbocycles. The van der Waals surface area contributed by atoms with Crippen LogP contribution in [0, 0.1) is 18.3 Å². The molecular formula is C25H23N5O2. The topological polar surface area (TPSA) is 93.6 Å². The molecule has 0 spiro atoms. The van der Waals surface area contributed by atoms with E-state index in [0.29, 0.717) is 28.7 Å². The van der Waals surface area contributed by atoms with Gasteiger partial charge in [0, 0.05) is 30.0 Å². The second kappa shape index (κ2) is 8.23. The van der Waals surface area contributed by atoms with Gasteiger partial charge in [0.25, 0.3) is 5.56 Å². The standard InChI is InChI=1S/C25H23N5O2/c1-17-10-13-27-21(15-17)25(2,3)11-14-29-23(31)20-5-4-12-28-22(20)30(24(29)32)19-8-6-18(16-26)7-9-19/h4-10,12-13,15H,11,14H2,1-3H3. The van der Waals surface area contributed by atoms with Crippen LogP contribution in [0.4, 0.5) is 0 Å². The van der Waals surface area contributed by atoms with E-state index in [0.717, 1.165) is 11.3 Å². The molecule has 4 rings (SSSR count). The first kappa shape index (κ1) is 21.2. The molecule has 0 amide bonds. The smallest absolute Gasteiger partial charge is 0.268 e. The summed E-state index contributed by atoms with van der Waals surface area (Å²) in [6, 6.07) is 16.0. The lowest BCUT2D eigenvalue weighted by atomic mass is 9.84. The summed E-state index contributed by atoms with van der Waals surface area (Å²) in [5, 5.41) is 9.45. The molecule has 0 unspecified atom stereocenters. The Bertz CT molecular complexity index is 1460. The van der Waals surface area contributed by atoms with E-state index in [1.165, 1.54) is 9.13 Å². The maximum Gasteiger partial charge on any atom is 0.337 e. The van der Waals surface area contributed by atoms with E-state index in [4.69, 9.17) is 5.26 Å². The fraction of sp³-hybridized carbons (Fsp3) is 0.240. The minimum absolute atomic E-state index is 0.238. The SMILES string of the molecule is Cc1ccnc(C(C)(C)CCn2c(=O)c3cccnc3n(-c3ccc(C#N)cc3)c2=O)c1. The van der Waals surface area contributed by atoms with Gasteiger partial charge in [0.15, 0.2) is 5.65 Å². The van der Waals surface area contributed by atoms with Gasteiger partial charge >= 0.3 is 5.69 Å². The van der Waals surface area contributed by atoms with Gasteiger partial charge in [0.2, 0.25) is 0 Å². The number of hydrogen-bond acceptors (Lipinski definition) is 5. The number of benzene rings is 1. The number of nitriles is 1. The monoisotopic (exact) mass is 425 g/mol. The summed E-state index contributed by atoms with van der Waals surface area (Å²) in [4.78, 5) is 35.5. The van der Waals surface area contributed by atoms with Crippen molar-refractivity contribution < 1.29 is 0 Å². The predicted molar refractivity (Wildman–Crippen MR) is 123 cm³/mol. The first-order valence-corrected chi connectivity index (χ1v) is 10.4. The molecule has 3 aromatic heterocycles. The highest BCUT2D eigenvalue weighted by atomic mass is 16.2. The van der Waals surface area contributed by atoms with E-state index in [-0.39, 0.29) is 17.5 Å². The summed E-state index contributed by atoms with van der Waals surface area (Å²) >= 11 is 0. The molecule has 0 radical (unpaired) electrons. The summed E-state index contributed by atoms with van der Waals surface area (Å²) < 4.78 is 2.69. The summed E-state index contributed by atoms with van der Waals surface area (Å²) in [6.07, 6.45) is 3.88. The van der Waals surface area contributed by atoms with Gasteiger partial charge in [-0.25, -0.2) is 14.3 Å². The third-order valence-corrected chi connectivity index (χ3v) is 5.72. The van der Waals surface area contributed by atoms with Gasteiger partial charge in [-0.1, -0.05) is 13.8 Å². The Hall–Kier alpha value is -4.05. The van der Waals surface area contributed by atoms with Crippen LogP contribution in [0.2, 0.25) is 0 Å². The molecular weight excluding hydrogens is 402 g/mol. The zero-order valence-electron chi connectivity index (χ0n) is 18.2. The zero-order chi connectivity index (χ0) is 22.9. The van der Waals surface area contributed by atoms with Crippen molar-refractivity contribution in [1.29, 1.82) is 5.26 Å². The number of pyridine rings is 2. The van der Waals surface area contributed by atoms with Gasteiger partial charge in [-0.05, 0) is 67.4 Å². The molecule has 0 fully saturated rings. The third kappa shape index (κ3) is 3.83. The zero-order valence-corrected chi connectivity index (χ0v) is 18.2. The van der Waals surface area contributed by atoms with E-state index in [1.807, 2.05) is 19.1 Å². The van der Waals surface area contributed by atoms with Crippen LogP contribution in [0.5, 0.6) is 0 Å². The van der Waals surface area contributed by atoms with Crippen LogP contribution in [0.25, 0.3) is 16.7 Å². The van der Waals surface area contributed by atoms with E-state index in [1.54, 1.807) is 48.8 Å². The fourth-order valence-electron chi connectivity index (χ4n) is 3.73. The Morgan fingerprint density at radius 3 is 2.47 bits per heavy atom. The fourth-order valence-corrected chi connectivity index (χ4v) is 3.73. The van der Waals surface area contributed by atoms with Crippen molar-refractivity contribution in [2.75, 3.05) is 0 Å². The molecule has 0 atom stereocenters. The molecule has 0 N–H and O–H groups in total. The van der Waals surface area contributed by atoms with Crippen molar-refractivity contribution in [3.05, 3.63) is 98.6 Å². The van der Waals surface area contributed by atoms with Gasteiger partial charge in [0.05, 0.1) is 22.7 Å². The van der Waals surface area contributed by atoms with Gasteiger partial charge in [0.1, 0.15) is 0 Å². The molecule has 0 aliphatic rings. The molecule has 1 aromatic carbocycles. The van der Waals surface area contributed by atoms with Crippen LogP contribution in [0.3, 0.4) is 0 Å². The van der Waals surface area contributed by atoms with Gasteiger partial charge in [-0.15, -0.1) is 0 Å². The molecule has 0 aliphatic heterocycles. The second-order valence-corrected chi connectivity index (χ2v) is 8.46. The Labute approximate surface area is 185 Å². The van der Waals surface area contributed by atoms with Gasteiger partial charge < -0.3 is 0 Å². The quantitative estimate of drug-likeness (QED) is 0.488. The maximum atomic E-state index is 13.5. The number of nitrogens with zero attached hydrogens (tertiary/aromatic N) is 5. The second-order valence-electron chi connectivity index (χ2n) is 8.46. The van der Waals surface area contributed by atoms with Crippen LogP contribution >= 0.6 is 0 Å². The molecule has 0 saturated carbocycles.